The predicted molar refractivity (Wildman–Crippen MR) is 249 cm³/mol. The molecular formula is C51H37B3N6. The normalized spacial score (nSPS) is 15.2. The molecular weight excluding hydrogens is 729 g/mol. The molecule has 0 N–H and O–H groups in total. The van der Waals surface area contributed by atoms with Crippen LogP contribution in [-0.2, 0) is 0 Å². The molecule has 0 spiro atoms. The molecule has 1 aromatic heterocycles. The van der Waals surface area contributed by atoms with Crippen LogP contribution in [0.1, 0.15) is 17.0 Å². The minimum Gasteiger partial charge on any atom is -0.423 e. The molecule has 9 heteroatoms. The van der Waals surface area contributed by atoms with E-state index in [1.54, 1.807) is 0 Å². The van der Waals surface area contributed by atoms with Crippen molar-refractivity contribution in [1.29, 1.82) is 0 Å². The zero-order chi connectivity index (χ0) is 39.8. The van der Waals surface area contributed by atoms with E-state index in [0.29, 0.717) is 17.5 Å². The SMILES string of the molecule is C1=CN2B3C=C(c4nc(-c5ccccc5)nc(-c5ccccc5)n4)C=CN3B3C=C(c4cccc(-c5ccccc5)c4)C=CN3B2C(c2cccc(-c3ccccc3)c2)=C1. The van der Waals surface area contributed by atoms with E-state index >= 15 is 0 Å². The van der Waals surface area contributed by atoms with E-state index in [1.807, 2.05) is 36.4 Å². The third-order valence-corrected chi connectivity index (χ3v) is 11.7. The Morgan fingerprint density at radius 2 is 0.783 bits per heavy atom. The van der Waals surface area contributed by atoms with Crippen molar-refractivity contribution in [3.8, 4) is 45.0 Å². The van der Waals surface area contributed by atoms with Crippen LogP contribution in [0.15, 0.2) is 225 Å². The van der Waals surface area contributed by atoms with Gasteiger partial charge in [-0.1, -0.05) is 176 Å². The molecule has 4 aliphatic heterocycles. The highest BCUT2D eigenvalue weighted by atomic mass is 15.3. The quantitative estimate of drug-likeness (QED) is 0.151. The zero-order valence-corrected chi connectivity index (χ0v) is 32.8. The van der Waals surface area contributed by atoms with Crippen molar-refractivity contribution in [2.75, 3.05) is 0 Å². The van der Waals surface area contributed by atoms with Crippen LogP contribution in [0.2, 0.25) is 0 Å². The summed E-state index contributed by atoms with van der Waals surface area (Å²) in [6.45, 7) is -0.333. The lowest BCUT2D eigenvalue weighted by molar-refractivity contribution is 0.625. The average molecular weight is 766 g/mol. The Labute approximate surface area is 352 Å². The lowest BCUT2D eigenvalue weighted by Gasteiger charge is -2.55. The molecule has 1 fully saturated rings. The van der Waals surface area contributed by atoms with Gasteiger partial charge in [-0.05, 0) is 93.4 Å². The summed E-state index contributed by atoms with van der Waals surface area (Å²) in [4.78, 5) is 15.2. The summed E-state index contributed by atoms with van der Waals surface area (Å²) < 4.78 is 7.38. The fraction of sp³-hybridized carbons (Fsp3) is 0. The maximum absolute atomic E-state index is 5.12. The van der Waals surface area contributed by atoms with E-state index < -0.39 is 0 Å². The molecule has 0 amide bonds. The van der Waals surface area contributed by atoms with Crippen molar-refractivity contribution >= 4 is 37.6 Å². The third-order valence-electron chi connectivity index (χ3n) is 11.7. The van der Waals surface area contributed by atoms with Crippen LogP contribution in [0.25, 0.3) is 61.6 Å². The number of hydrogen-bond donors (Lipinski definition) is 0. The largest absolute Gasteiger partial charge is 0.423 e. The predicted octanol–water partition coefficient (Wildman–Crippen LogP) is 10.7. The molecule has 0 atom stereocenters. The van der Waals surface area contributed by atoms with Gasteiger partial charge in [-0.15, -0.1) is 0 Å². The Bertz CT molecular complexity index is 2850. The Balaban J connectivity index is 1.03. The van der Waals surface area contributed by atoms with E-state index in [-0.39, 0.29) is 20.9 Å². The smallest absolute Gasteiger partial charge is 0.388 e. The first-order chi connectivity index (χ1) is 29.7. The van der Waals surface area contributed by atoms with Crippen LogP contribution in [0.3, 0.4) is 0 Å². The molecule has 1 saturated heterocycles. The van der Waals surface area contributed by atoms with Crippen molar-refractivity contribution in [2.24, 2.45) is 0 Å². The van der Waals surface area contributed by atoms with Gasteiger partial charge in [-0.3, -0.25) is 0 Å². The molecule has 280 valence electrons. The van der Waals surface area contributed by atoms with Crippen LogP contribution in [0.4, 0.5) is 0 Å². The molecule has 0 saturated carbocycles. The number of aromatic nitrogens is 3. The van der Waals surface area contributed by atoms with Gasteiger partial charge >= 0.3 is 20.9 Å². The molecule has 0 radical (unpaired) electrons. The highest BCUT2D eigenvalue weighted by Crippen LogP contribution is 2.39. The van der Waals surface area contributed by atoms with Crippen LogP contribution in [-0.4, -0.2) is 50.1 Å². The lowest BCUT2D eigenvalue weighted by Crippen LogP contribution is -2.74. The second kappa shape index (κ2) is 15.3. The number of fused-ring (bicyclic) bond motifs is 6. The van der Waals surface area contributed by atoms with Gasteiger partial charge < -0.3 is 14.2 Å². The number of allylic oxidation sites excluding steroid dienone is 6. The maximum atomic E-state index is 5.12. The minimum absolute atomic E-state index is 0.0870. The summed E-state index contributed by atoms with van der Waals surface area (Å²) >= 11 is 0. The number of hydrogen-bond acceptors (Lipinski definition) is 6. The first-order valence-electron chi connectivity index (χ1n) is 20.4. The molecule has 6 aromatic carbocycles. The van der Waals surface area contributed by atoms with E-state index in [9.17, 15) is 0 Å². The van der Waals surface area contributed by atoms with Crippen LogP contribution in [0.5, 0.6) is 0 Å². The number of nitrogens with zero attached hydrogens (tertiary/aromatic N) is 6. The fourth-order valence-corrected chi connectivity index (χ4v) is 8.73. The first-order valence-corrected chi connectivity index (χ1v) is 20.4. The molecule has 0 aliphatic carbocycles. The Kier molecular flexibility index (Phi) is 9.04. The highest BCUT2D eigenvalue weighted by Gasteiger charge is 2.53. The second-order valence-corrected chi connectivity index (χ2v) is 15.3. The van der Waals surface area contributed by atoms with Crippen molar-refractivity contribution in [3.05, 3.63) is 242 Å². The highest BCUT2D eigenvalue weighted by molar-refractivity contribution is 6.97. The van der Waals surface area contributed by atoms with Crippen molar-refractivity contribution in [1.82, 2.24) is 29.1 Å². The summed E-state index contributed by atoms with van der Waals surface area (Å²) in [6.07, 6.45) is 15.6. The van der Waals surface area contributed by atoms with Crippen molar-refractivity contribution in [3.63, 3.8) is 0 Å². The molecule has 11 rings (SSSR count). The van der Waals surface area contributed by atoms with Gasteiger partial charge in [0.2, 0.25) is 0 Å². The Morgan fingerprint density at radius 1 is 0.350 bits per heavy atom. The van der Waals surface area contributed by atoms with Gasteiger partial charge in [0.05, 0.1) is 0 Å². The molecule has 0 unspecified atom stereocenters. The van der Waals surface area contributed by atoms with Gasteiger partial charge in [0, 0.05) is 16.7 Å². The fourth-order valence-electron chi connectivity index (χ4n) is 8.73. The summed E-state index contributed by atoms with van der Waals surface area (Å²) in [5, 5.41) is 0. The lowest BCUT2D eigenvalue weighted by atomic mass is 9.38. The number of benzene rings is 6. The molecule has 4 aliphatic rings. The van der Waals surface area contributed by atoms with Crippen molar-refractivity contribution < 1.29 is 0 Å². The summed E-state index contributed by atoms with van der Waals surface area (Å²) in [6, 6.07) is 59.4. The maximum Gasteiger partial charge on any atom is 0.388 e. The van der Waals surface area contributed by atoms with Gasteiger partial charge in [0.1, 0.15) is 0 Å². The van der Waals surface area contributed by atoms with Crippen molar-refractivity contribution in [2.45, 2.75) is 0 Å². The van der Waals surface area contributed by atoms with Gasteiger partial charge in [-0.2, -0.15) is 0 Å². The molecule has 6 nitrogen and oxygen atoms in total. The van der Waals surface area contributed by atoms with Crippen LogP contribution < -0.4 is 0 Å². The Morgan fingerprint density at radius 3 is 1.38 bits per heavy atom. The molecule has 7 aromatic rings. The van der Waals surface area contributed by atoms with Gasteiger partial charge in [0.25, 0.3) is 0 Å². The van der Waals surface area contributed by atoms with E-state index in [2.05, 4.69) is 202 Å². The third kappa shape index (κ3) is 6.60. The minimum atomic E-state index is -0.148. The zero-order valence-electron chi connectivity index (χ0n) is 32.8. The van der Waals surface area contributed by atoms with Gasteiger partial charge in [0.15, 0.2) is 17.5 Å². The monoisotopic (exact) mass is 766 g/mol. The summed E-state index contributed by atoms with van der Waals surface area (Å²) in [5.41, 5.74) is 12.4. The molecule has 60 heavy (non-hydrogen) atoms. The molecule has 5 heterocycles. The standard InChI is InChI=1S/C51H37B3N6/c1-5-16-38(17-6-1)42-24-13-26-44(34-42)46-29-33-60-52(36-46)58-32-30-47(51-56-49(40-20-9-3-10-21-40)55-50(57-51)41-22-11-4-12-23-41)37-53(58)59-31-15-28-48(54(59)60)45-27-14-25-43(35-45)39-18-7-2-8-19-39/h1-37H. The van der Waals surface area contributed by atoms with E-state index in [4.69, 9.17) is 15.0 Å². The number of rotatable bonds is 7. The molecule has 0 bridgehead atoms. The van der Waals surface area contributed by atoms with Crippen LogP contribution >= 0.6 is 0 Å². The van der Waals surface area contributed by atoms with E-state index in [1.165, 1.54) is 44.4 Å². The van der Waals surface area contributed by atoms with Gasteiger partial charge in [-0.25, -0.2) is 15.0 Å². The summed E-state index contributed by atoms with van der Waals surface area (Å²) in [7, 11) is 0. The van der Waals surface area contributed by atoms with Crippen LogP contribution in [0, 0.1) is 0 Å². The average Bonchev–Trinajstić information content (AvgIpc) is 3.34. The topological polar surface area (TPSA) is 48.4 Å². The van der Waals surface area contributed by atoms with E-state index in [0.717, 1.165) is 16.7 Å². The summed E-state index contributed by atoms with van der Waals surface area (Å²) in [5.74, 6) is 6.67. The Hall–Kier alpha value is -7.64. The first kappa shape index (κ1) is 35.5. The second-order valence-electron chi connectivity index (χ2n) is 15.3.